The maximum Gasteiger partial charge on any atom is 0.261 e. The van der Waals surface area contributed by atoms with E-state index in [9.17, 15) is 8.78 Å². The molecule has 2 N–H and O–H groups in total. The quantitative estimate of drug-likeness (QED) is 0.780. The van der Waals surface area contributed by atoms with Gasteiger partial charge >= 0.3 is 0 Å². The summed E-state index contributed by atoms with van der Waals surface area (Å²) in [4.78, 5) is 0. The summed E-state index contributed by atoms with van der Waals surface area (Å²) in [7, 11) is 1.52. The van der Waals surface area contributed by atoms with Crippen LogP contribution in [-0.4, -0.2) is 26.7 Å². The molecule has 102 valence electrons. The van der Waals surface area contributed by atoms with Crippen LogP contribution >= 0.6 is 11.6 Å². The lowest BCUT2D eigenvalue weighted by atomic mass is 10.0. The third kappa shape index (κ3) is 4.76. The second-order valence-corrected chi connectivity index (χ2v) is 4.16. The van der Waals surface area contributed by atoms with Gasteiger partial charge in [0.2, 0.25) is 0 Å². The van der Waals surface area contributed by atoms with Crippen molar-refractivity contribution in [2.75, 3.05) is 20.3 Å². The minimum absolute atomic E-state index is 0.191. The summed E-state index contributed by atoms with van der Waals surface area (Å²) in [5.41, 5.74) is 6.75. The first kappa shape index (κ1) is 15.1. The smallest absolute Gasteiger partial charge is 0.261 e. The zero-order chi connectivity index (χ0) is 13.5. The molecule has 0 amide bonds. The van der Waals surface area contributed by atoms with Crippen molar-refractivity contribution in [1.29, 1.82) is 0 Å². The van der Waals surface area contributed by atoms with E-state index in [-0.39, 0.29) is 12.6 Å². The van der Waals surface area contributed by atoms with Crippen molar-refractivity contribution in [1.82, 2.24) is 0 Å². The van der Waals surface area contributed by atoms with E-state index in [2.05, 4.69) is 0 Å². The normalized spacial score (nSPS) is 12.8. The van der Waals surface area contributed by atoms with Crippen LogP contribution in [-0.2, 0) is 4.74 Å². The average Bonchev–Trinajstić information content (AvgIpc) is 2.34. The largest absolute Gasteiger partial charge is 0.495 e. The number of benzene rings is 1. The average molecular weight is 280 g/mol. The summed E-state index contributed by atoms with van der Waals surface area (Å²) >= 11 is 5.89. The van der Waals surface area contributed by atoms with Crippen molar-refractivity contribution in [2.24, 2.45) is 5.73 Å². The Kier molecular flexibility index (Phi) is 6.32. The van der Waals surface area contributed by atoms with Crippen molar-refractivity contribution in [2.45, 2.75) is 18.9 Å². The van der Waals surface area contributed by atoms with Gasteiger partial charge < -0.3 is 15.2 Å². The molecule has 0 fully saturated rings. The van der Waals surface area contributed by atoms with Crippen LogP contribution in [0, 0.1) is 0 Å². The number of alkyl halides is 2. The lowest BCUT2D eigenvalue weighted by Crippen LogP contribution is -2.15. The van der Waals surface area contributed by atoms with Crippen molar-refractivity contribution in [3.8, 4) is 5.75 Å². The maximum absolute atomic E-state index is 11.8. The molecule has 0 radical (unpaired) electrons. The van der Waals surface area contributed by atoms with E-state index in [1.165, 1.54) is 7.11 Å². The molecule has 0 aromatic heterocycles. The fourth-order valence-electron chi connectivity index (χ4n) is 1.46. The summed E-state index contributed by atoms with van der Waals surface area (Å²) in [6, 6.07) is 4.91. The first-order valence-electron chi connectivity index (χ1n) is 5.49. The highest BCUT2D eigenvalue weighted by Gasteiger charge is 2.10. The summed E-state index contributed by atoms with van der Waals surface area (Å²) in [5.74, 6) is 0.540. The fourth-order valence-corrected chi connectivity index (χ4v) is 1.65. The number of hydrogen-bond acceptors (Lipinski definition) is 3. The van der Waals surface area contributed by atoms with Gasteiger partial charge in [-0.25, -0.2) is 8.78 Å². The molecule has 3 nitrogen and oxygen atoms in total. The highest BCUT2D eigenvalue weighted by Crippen LogP contribution is 2.27. The van der Waals surface area contributed by atoms with Crippen LogP contribution in [0.4, 0.5) is 8.78 Å². The van der Waals surface area contributed by atoms with Gasteiger partial charge in [-0.2, -0.15) is 0 Å². The van der Waals surface area contributed by atoms with Crippen molar-refractivity contribution >= 4 is 11.6 Å². The third-order valence-corrected chi connectivity index (χ3v) is 2.73. The lowest BCUT2D eigenvalue weighted by molar-refractivity contribution is 0.0152. The molecule has 0 saturated heterocycles. The van der Waals surface area contributed by atoms with E-state index in [1.54, 1.807) is 18.2 Å². The molecule has 0 bridgehead atoms. The Labute approximate surface area is 110 Å². The van der Waals surface area contributed by atoms with Crippen LogP contribution in [0.2, 0.25) is 5.02 Å². The molecule has 1 rings (SSSR count). The molecule has 1 atom stereocenters. The van der Waals surface area contributed by atoms with E-state index in [1.807, 2.05) is 0 Å². The maximum atomic E-state index is 11.8. The fraction of sp³-hybridized carbons (Fsp3) is 0.500. The van der Waals surface area contributed by atoms with Crippen LogP contribution in [0.3, 0.4) is 0 Å². The van der Waals surface area contributed by atoms with Gasteiger partial charge in [0.15, 0.2) is 0 Å². The van der Waals surface area contributed by atoms with Crippen LogP contribution < -0.4 is 10.5 Å². The van der Waals surface area contributed by atoms with Gasteiger partial charge in [0, 0.05) is 12.6 Å². The highest BCUT2D eigenvalue weighted by atomic mass is 35.5. The summed E-state index contributed by atoms with van der Waals surface area (Å²) in [6.07, 6.45) is -1.99. The molecule has 1 aromatic rings. The van der Waals surface area contributed by atoms with Gasteiger partial charge in [0.25, 0.3) is 6.43 Å². The number of hydrogen-bond donors (Lipinski definition) is 1. The van der Waals surface area contributed by atoms with Crippen molar-refractivity contribution in [3.05, 3.63) is 28.8 Å². The second kappa shape index (κ2) is 7.51. The van der Waals surface area contributed by atoms with Gasteiger partial charge in [-0.3, -0.25) is 0 Å². The topological polar surface area (TPSA) is 44.5 Å². The molecular formula is C12H16ClF2NO2. The zero-order valence-corrected chi connectivity index (χ0v) is 10.8. The monoisotopic (exact) mass is 279 g/mol. The molecular weight excluding hydrogens is 264 g/mol. The van der Waals surface area contributed by atoms with Crippen LogP contribution in [0.5, 0.6) is 5.75 Å². The molecule has 0 heterocycles. The number of nitrogens with two attached hydrogens (primary N) is 1. The zero-order valence-electron chi connectivity index (χ0n) is 10.0. The van der Waals surface area contributed by atoms with Crippen LogP contribution in [0.25, 0.3) is 0 Å². The summed E-state index contributed by atoms with van der Waals surface area (Å²) < 4.78 is 33.5. The molecule has 0 spiro atoms. The first-order valence-corrected chi connectivity index (χ1v) is 5.87. The predicted molar refractivity (Wildman–Crippen MR) is 66.4 cm³/mol. The first-order chi connectivity index (χ1) is 8.54. The van der Waals surface area contributed by atoms with Gasteiger partial charge in [-0.1, -0.05) is 17.7 Å². The molecule has 0 saturated carbocycles. The van der Waals surface area contributed by atoms with Gasteiger partial charge in [0.05, 0.1) is 12.1 Å². The molecule has 1 unspecified atom stereocenters. The minimum atomic E-state index is -2.45. The summed E-state index contributed by atoms with van der Waals surface area (Å²) in [6.45, 7) is -0.368. The Morgan fingerprint density at radius 3 is 2.72 bits per heavy atom. The van der Waals surface area contributed by atoms with Crippen LogP contribution in [0.15, 0.2) is 18.2 Å². The number of halogens is 3. The molecule has 6 heteroatoms. The molecule has 0 aliphatic carbocycles. The Morgan fingerprint density at radius 1 is 1.39 bits per heavy atom. The van der Waals surface area contributed by atoms with Gasteiger partial charge in [0.1, 0.15) is 12.4 Å². The standard InChI is InChI=1S/C12H16ClF2NO2/c1-17-11-6-8(2-3-9(11)13)10(16)4-5-18-7-12(14)15/h2-3,6,10,12H,4-5,7,16H2,1H3. The summed E-state index contributed by atoms with van der Waals surface area (Å²) in [5, 5.41) is 0.502. The molecule has 18 heavy (non-hydrogen) atoms. The number of ether oxygens (including phenoxy) is 2. The van der Waals surface area contributed by atoms with E-state index >= 15 is 0 Å². The van der Waals surface area contributed by atoms with Gasteiger partial charge in [-0.05, 0) is 24.1 Å². The second-order valence-electron chi connectivity index (χ2n) is 3.76. The van der Waals surface area contributed by atoms with Gasteiger partial charge in [-0.15, -0.1) is 0 Å². The molecule has 1 aromatic carbocycles. The number of methoxy groups -OCH3 is 1. The number of rotatable bonds is 7. The Balaban J connectivity index is 2.48. The Bertz CT molecular complexity index is 377. The van der Waals surface area contributed by atoms with E-state index in [4.69, 9.17) is 26.8 Å². The van der Waals surface area contributed by atoms with E-state index in [0.29, 0.717) is 17.2 Å². The molecule has 0 aliphatic rings. The predicted octanol–water partition coefficient (Wildman–Crippen LogP) is 3.02. The molecule has 0 aliphatic heterocycles. The SMILES string of the molecule is COc1cc(C(N)CCOCC(F)F)ccc1Cl. The minimum Gasteiger partial charge on any atom is -0.495 e. The highest BCUT2D eigenvalue weighted by molar-refractivity contribution is 6.32. The van der Waals surface area contributed by atoms with E-state index in [0.717, 1.165) is 5.56 Å². The Morgan fingerprint density at radius 2 is 2.11 bits per heavy atom. The lowest BCUT2D eigenvalue weighted by Gasteiger charge is -2.14. The van der Waals surface area contributed by atoms with Crippen molar-refractivity contribution in [3.63, 3.8) is 0 Å². The van der Waals surface area contributed by atoms with Crippen LogP contribution in [0.1, 0.15) is 18.0 Å². The van der Waals surface area contributed by atoms with E-state index < -0.39 is 13.0 Å². The third-order valence-electron chi connectivity index (χ3n) is 2.42. The Hall–Kier alpha value is -0.910. The van der Waals surface area contributed by atoms with Crippen molar-refractivity contribution < 1.29 is 18.3 Å².